The van der Waals surface area contributed by atoms with E-state index in [1.807, 2.05) is 13.8 Å². The molecule has 0 saturated heterocycles. The SMILES string of the molecule is CCNc1cc([N+](=O)[O-])cc(NC(C)CCS(C)=O)n1. The molecule has 0 aliphatic carbocycles. The molecule has 0 amide bonds. The zero-order valence-electron chi connectivity index (χ0n) is 11.9. The zero-order valence-corrected chi connectivity index (χ0v) is 12.7. The summed E-state index contributed by atoms with van der Waals surface area (Å²) in [6.45, 7) is 4.46. The second-order valence-electron chi connectivity index (χ2n) is 4.49. The fourth-order valence-corrected chi connectivity index (χ4v) is 2.32. The maximum Gasteiger partial charge on any atom is 0.276 e. The zero-order chi connectivity index (χ0) is 15.1. The molecule has 112 valence electrons. The highest BCUT2D eigenvalue weighted by molar-refractivity contribution is 7.84. The van der Waals surface area contributed by atoms with Crippen LogP contribution in [0.5, 0.6) is 0 Å². The first-order chi connectivity index (χ1) is 9.42. The van der Waals surface area contributed by atoms with Gasteiger partial charge in [-0.3, -0.25) is 14.3 Å². The van der Waals surface area contributed by atoms with Crippen LogP contribution < -0.4 is 10.6 Å². The Balaban J connectivity index is 2.82. The number of pyridine rings is 1. The molecule has 0 radical (unpaired) electrons. The lowest BCUT2D eigenvalue weighted by Crippen LogP contribution is -2.19. The van der Waals surface area contributed by atoms with Crippen LogP contribution in [-0.4, -0.2) is 38.7 Å². The summed E-state index contributed by atoms with van der Waals surface area (Å²) < 4.78 is 11.1. The molecule has 2 unspecified atom stereocenters. The van der Waals surface area contributed by atoms with Crippen LogP contribution in [0.3, 0.4) is 0 Å². The predicted molar refractivity (Wildman–Crippen MR) is 81.7 cm³/mol. The number of hydrogen-bond donors (Lipinski definition) is 2. The van der Waals surface area contributed by atoms with Crippen LogP contribution in [0, 0.1) is 10.1 Å². The van der Waals surface area contributed by atoms with Crippen molar-refractivity contribution in [3.05, 3.63) is 22.2 Å². The topological polar surface area (TPSA) is 97.2 Å². The third-order valence-corrected chi connectivity index (χ3v) is 3.42. The molecule has 0 spiro atoms. The summed E-state index contributed by atoms with van der Waals surface area (Å²) in [4.78, 5) is 14.7. The average Bonchev–Trinajstić information content (AvgIpc) is 2.36. The van der Waals surface area contributed by atoms with Crippen molar-refractivity contribution in [3.63, 3.8) is 0 Å². The normalized spacial score (nSPS) is 13.6. The minimum Gasteiger partial charge on any atom is -0.370 e. The Bertz CT molecular complexity index is 496. The lowest BCUT2D eigenvalue weighted by molar-refractivity contribution is -0.384. The Morgan fingerprint density at radius 2 is 2.10 bits per heavy atom. The molecule has 1 aromatic rings. The van der Waals surface area contributed by atoms with Crippen molar-refractivity contribution in [1.29, 1.82) is 0 Å². The van der Waals surface area contributed by atoms with Crippen LogP contribution in [-0.2, 0) is 10.8 Å². The van der Waals surface area contributed by atoms with Gasteiger partial charge in [-0.15, -0.1) is 0 Å². The lowest BCUT2D eigenvalue weighted by atomic mass is 10.2. The smallest absolute Gasteiger partial charge is 0.276 e. The predicted octanol–water partition coefficient (Wildman–Crippen LogP) is 1.99. The van der Waals surface area contributed by atoms with E-state index in [0.717, 1.165) is 0 Å². The van der Waals surface area contributed by atoms with E-state index >= 15 is 0 Å². The molecule has 0 aromatic carbocycles. The molecular weight excluding hydrogens is 280 g/mol. The van der Waals surface area contributed by atoms with E-state index in [0.29, 0.717) is 30.4 Å². The summed E-state index contributed by atoms with van der Waals surface area (Å²) in [5.41, 5.74) is -0.00952. The van der Waals surface area contributed by atoms with E-state index in [-0.39, 0.29) is 11.7 Å². The molecule has 2 atom stereocenters. The van der Waals surface area contributed by atoms with Crippen LogP contribution in [0.2, 0.25) is 0 Å². The summed E-state index contributed by atoms with van der Waals surface area (Å²) in [6, 6.07) is 2.85. The van der Waals surface area contributed by atoms with Gasteiger partial charge in [-0.1, -0.05) is 0 Å². The van der Waals surface area contributed by atoms with Crippen molar-refractivity contribution < 1.29 is 9.13 Å². The van der Waals surface area contributed by atoms with Crippen LogP contribution in [0.25, 0.3) is 0 Å². The molecular formula is C12H20N4O3S. The van der Waals surface area contributed by atoms with Gasteiger partial charge in [0.25, 0.3) is 5.69 Å². The summed E-state index contributed by atoms with van der Waals surface area (Å²) in [5.74, 6) is 1.50. The van der Waals surface area contributed by atoms with Gasteiger partial charge in [0.1, 0.15) is 11.6 Å². The second-order valence-corrected chi connectivity index (χ2v) is 6.05. The monoisotopic (exact) mass is 300 g/mol. The summed E-state index contributed by atoms with van der Waals surface area (Å²) in [5, 5.41) is 17.0. The first-order valence-electron chi connectivity index (χ1n) is 6.39. The minimum absolute atomic E-state index is 0.00952. The number of nitrogens with one attached hydrogen (secondary N) is 2. The Kier molecular flexibility index (Phi) is 6.37. The van der Waals surface area contributed by atoms with Crippen LogP contribution in [0.4, 0.5) is 17.3 Å². The molecule has 0 fully saturated rings. The summed E-state index contributed by atoms with van der Waals surface area (Å²) >= 11 is 0. The standard InChI is InChI=1S/C12H20N4O3S/c1-4-13-11-7-10(16(17)18)8-12(15-11)14-9(2)5-6-20(3)19/h7-9H,4-6H2,1-3H3,(H2,13,14,15). The fraction of sp³-hybridized carbons (Fsp3) is 0.583. The van der Waals surface area contributed by atoms with Crippen molar-refractivity contribution in [3.8, 4) is 0 Å². The molecule has 0 bridgehead atoms. The molecule has 1 heterocycles. The van der Waals surface area contributed by atoms with Gasteiger partial charge in [0.05, 0.1) is 17.1 Å². The van der Waals surface area contributed by atoms with Gasteiger partial charge in [0, 0.05) is 35.4 Å². The van der Waals surface area contributed by atoms with Crippen molar-refractivity contribution in [2.75, 3.05) is 29.2 Å². The van der Waals surface area contributed by atoms with E-state index in [9.17, 15) is 14.3 Å². The van der Waals surface area contributed by atoms with Gasteiger partial charge < -0.3 is 10.6 Å². The van der Waals surface area contributed by atoms with Gasteiger partial charge in [0.15, 0.2) is 0 Å². The third-order valence-electron chi connectivity index (χ3n) is 2.61. The highest BCUT2D eigenvalue weighted by atomic mass is 32.2. The van der Waals surface area contributed by atoms with Gasteiger partial charge in [-0.25, -0.2) is 4.98 Å². The van der Waals surface area contributed by atoms with Gasteiger partial charge in [-0.2, -0.15) is 0 Å². The Hall–Kier alpha value is -1.70. The average molecular weight is 300 g/mol. The van der Waals surface area contributed by atoms with E-state index in [1.165, 1.54) is 12.1 Å². The number of nitrogens with zero attached hydrogens (tertiary/aromatic N) is 2. The highest BCUT2D eigenvalue weighted by Crippen LogP contribution is 2.21. The molecule has 1 aromatic heterocycles. The third kappa shape index (κ3) is 5.52. The van der Waals surface area contributed by atoms with Crippen LogP contribution in [0.1, 0.15) is 20.3 Å². The van der Waals surface area contributed by atoms with Crippen molar-refractivity contribution in [2.24, 2.45) is 0 Å². The molecule has 2 N–H and O–H groups in total. The van der Waals surface area contributed by atoms with Gasteiger partial charge in [0.2, 0.25) is 0 Å². The maximum atomic E-state index is 11.1. The van der Waals surface area contributed by atoms with Crippen molar-refractivity contribution in [1.82, 2.24) is 4.98 Å². The molecule has 7 nitrogen and oxygen atoms in total. The number of nitro groups is 1. The van der Waals surface area contributed by atoms with Crippen molar-refractivity contribution in [2.45, 2.75) is 26.3 Å². The van der Waals surface area contributed by atoms with E-state index in [4.69, 9.17) is 0 Å². The number of rotatable bonds is 8. The Morgan fingerprint density at radius 3 is 2.65 bits per heavy atom. The number of aromatic nitrogens is 1. The summed E-state index contributed by atoms with van der Waals surface area (Å²) in [7, 11) is -0.844. The fourth-order valence-electron chi connectivity index (χ4n) is 1.63. The first-order valence-corrected chi connectivity index (χ1v) is 8.12. The van der Waals surface area contributed by atoms with E-state index in [2.05, 4.69) is 15.6 Å². The van der Waals surface area contributed by atoms with E-state index in [1.54, 1.807) is 6.26 Å². The van der Waals surface area contributed by atoms with Crippen LogP contribution in [0.15, 0.2) is 12.1 Å². The molecule has 0 aliphatic heterocycles. The Morgan fingerprint density at radius 1 is 1.45 bits per heavy atom. The lowest BCUT2D eigenvalue weighted by Gasteiger charge is -2.14. The first kappa shape index (κ1) is 16.4. The number of anilines is 2. The van der Waals surface area contributed by atoms with Gasteiger partial charge >= 0.3 is 0 Å². The minimum atomic E-state index is -0.844. The van der Waals surface area contributed by atoms with Gasteiger partial charge in [-0.05, 0) is 20.3 Å². The molecule has 8 heteroatoms. The molecule has 1 rings (SSSR count). The number of hydrogen-bond acceptors (Lipinski definition) is 6. The second kappa shape index (κ2) is 7.78. The van der Waals surface area contributed by atoms with Crippen molar-refractivity contribution >= 4 is 28.1 Å². The van der Waals surface area contributed by atoms with Crippen LogP contribution >= 0.6 is 0 Å². The molecule has 0 saturated carbocycles. The quantitative estimate of drug-likeness (QED) is 0.563. The maximum absolute atomic E-state index is 11.1. The highest BCUT2D eigenvalue weighted by Gasteiger charge is 2.12. The Labute approximate surface area is 120 Å². The van der Waals surface area contributed by atoms with E-state index < -0.39 is 15.7 Å². The molecule has 0 aliphatic rings. The molecule has 20 heavy (non-hydrogen) atoms. The largest absolute Gasteiger partial charge is 0.370 e. The summed E-state index contributed by atoms with van der Waals surface area (Å²) in [6.07, 6.45) is 2.37.